The van der Waals surface area contributed by atoms with Gasteiger partial charge in [-0.1, -0.05) is 0 Å². The van der Waals surface area contributed by atoms with Gasteiger partial charge in [0.25, 0.3) is 5.69 Å². The molecule has 0 saturated carbocycles. The van der Waals surface area contributed by atoms with Gasteiger partial charge in [0.2, 0.25) is 29.5 Å². The smallest absolute Gasteiger partial charge is 0.306 e. The van der Waals surface area contributed by atoms with Gasteiger partial charge in [-0.2, -0.15) is 10.2 Å². The Balaban J connectivity index is 1.49. The highest BCUT2D eigenvalue weighted by molar-refractivity contribution is 5.89. The molecule has 1 aliphatic rings. The molecule has 3 rings (SSSR count). The molecular formula is C32H43N11O9. The number of nitrogens with one attached hydrogen (secondary N) is 2. The lowest BCUT2D eigenvalue weighted by molar-refractivity contribution is -0.384. The molecule has 280 valence electrons. The molecule has 4 atom stereocenters. The Morgan fingerprint density at radius 1 is 0.865 bits per heavy atom. The third kappa shape index (κ3) is 12.7. The molecule has 1 aliphatic heterocycles. The van der Waals surface area contributed by atoms with Crippen molar-refractivity contribution in [2.24, 2.45) is 33.2 Å². The summed E-state index contributed by atoms with van der Waals surface area (Å²) in [4.78, 5) is 86.7. The van der Waals surface area contributed by atoms with Crippen molar-refractivity contribution in [3.63, 3.8) is 0 Å². The van der Waals surface area contributed by atoms with Crippen LogP contribution in [0.25, 0.3) is 0 Å². The number of nitro benzene ring substituents is 1. The van der Waals surface area contributed by atoms with E-state index in [0.717, 1.165) is 5.69 Å². The van der Waals surface area contributed by atoms with Crippen LogP contribution in [0.4, 0.5) is 22.7 Å². The van der Waals surface area contributed by atoms with Crippen molar-refractivity contribution in [2.75, 3.05) is 37.7 Å². The highest BCUT2D eigenvalue weighted by Crippen LogP contribution is 2.24. The zero-order chi connectivity index (χ0) is 38.4. The summed E-state index contributed by atoms with van der Waals surface area (Å²) >= 11 is 0. The first-order valence-corrected chi connectivity index (χ1v) is 16.3. The molecule has 0 radical (unpaired) electrons. The Kier molecular flexibility index (Phi) is 15.1. The molecule has 1 saturated heterocycles. The molecule has 0 aromatic heterocycles. The number of hydrogen-bond acceptors (Lipinski definition) is 14. The summed E-state index contributed by atoms with van der Waals surface area (Å²) in [5.41, 5.74) is 23.5. The van der Waals surface area contributed by atoms with Gasteiger partial charge in [-0.15, -0.1) is 0 Å². The second-order valence-electron chi connectivity index (χ2n) is 11.9. The van der Waals surface area contributed by atoms with Crippen molar-refractivity contribution >= 4 is 58.3 Å². The molecule has 1 fully saturated rings. The summed E-state index contributed by atoms with van der Waals surface area (Å²) in [5.74, 6) is -4.10. The summed E-state index contributed by atoms with van der Waals surface area (Å²) < 4.78 is 5.36. The number of anilines is 1. The number of non-ortho nitro benzene ring substituents is 1. The van der Waals surface area contributed by atoms with Crippen molar-refractivity contribution in [1.82, 2.24) is 15.5 Å². The Morgan fingerprint density at radius 2 is 1.35 bits per heavy atom. The number of carbonyl (C=O) groups excluding carboxylic acids is 6. The Labute approximate surface area is 298 Å². The summed E-state index contributed by atoms with van der Waals surface area (Å²) in [6.07, 6.45) is -1.29. The fourth-order valence-electron chi connectivity index (χ4n) is 5.16. The normalized spacial score (nSPS) is 16.5. The monoisotopic (exact) mass is 725 g/mol. The molecular weight excluding hydrogens is 682 g/mol. The molecule has 0 bridgehead atoms. The maximum Gasteiger partial charge on any atom is 0.306 e. The Hall–Kier alpha value is -6.02. The number of amides is 5. The molecule has 20 nitrogen and oxygen atoms in total. The molecule has 0 aliphatic carbocycles. The number of benzene rings is 2. The number of azo groups is 1. The van der Waals surface area contributed by atoms with Gasteiger partial charge < -0.3 is 48.1 Å². The number of likely N-dealkylation sites (N-methyl/N-ethyl adjacent to an activating group) is 1. The maximum atomic E-state index is 13.1. The fraction of sp³-hybridized carbons (Fsp3) is 0.438. The molecule has 2 aromatic carbocycles. The minimum absolute atomic E-state index is 0.0441. The van der Waals surface area contributed by atoms with Crippen molar-refractivity contribution in [1.29, 1.82) is 0 Å². The lowest BCUT2D eigenvalue weighted by Gasteiger charge is -2.23. The van der Waals surface area contributed by atoms with Gasteiger partial charge in [0.05, 0.1) is 66.3 Å². The number of nitrogens with two attached hydrogens (primary N) is 4. The fourth-order valence-corrected chi connectivity index (χ4v) is 5.16. The molecule has 0 spiro atoms. The van der Waals surface area contributed by atoms with E-state index in [0.29, 0.717) is 24.5 Å². The summed E-state index contributed by atoms with van der Waals surface area (Å²) in [6, 6.07) is 8.63. The third-order valence-corrected chi connectivity index (χ3v) is 7.95. The van der Waals surface area contributed by atoms with Crippen molar-refractivity contribution in [2.45, 2.75) is 56.8 Å². The Morgan fingerprint density at radius 3 is 1.79 bits per heavy atom. The summed E-state index contributed by atoms with van der Waals surface area (Å²) in [5, 5.41) is 24.3. The number of nitrogens with zero attached hydrogens (tertiary/aromatic N) is 5. The quantitative estimate of drug-likeness (QED) is 0.0457. The van der Waals surface area contributed by atoms with Crippen LogP contribution in [-0.2, 0) is 33.5 Å². The van der Waals surface area contributed by atoms with Gasteiger partial charge in [-0.3, -0.25) is 38.9 Å². The van der Waals surface area contributed by atoms with Crippen molar-refractivity contribution in [3.05, 3.63) is 58.6 Å². The lowest BCUT2D eigenvalue weighted by Crippen LogP contribution is -2.57. The second-order valence-corrected chi connectivity index (χ2v) is 11.9. The standard InChI is InChI=1S/C32H43N11O9/c1-2-41(21-7-3-19(4-8-21)39-40-20-5-9-22(10-6-20)43(50)51)13-14-52-30(47)12-11-29(46)42-17-25(37-31(48)23(33)15-27(35)44)26(18-42)38-32(49)24(34)16-28(36)45/h3-10,23-26H,2,11-18,33-34H2,1H3,(H2,35,44)(H2,36,45)(H,37,48)(H,38,49)/t23-,24-,25+,26+/m0/s1. The van der Waals surface area contributed by atoms with Crippen molar-refractivity contribution < 1.29 is 38.4 Å². The van der Waals surface area contributed by atoms with Gasteiger partial charge in [0.15, 0.2) is 0 Å². The number of ether oxygens (including phenoxy) is 1. The van der Waals surface area contributed by atoms with E-state index < -0.39 is 77.4 Å². The van der Waals surface area contributed by atoms with Gasteiger partial charge in [0.1, 0.15) is 6.61 Å². The zero-order valence-electron chi connectivity index (χ0n) is 28.5. The number of primary amides is 2. The average Bonchev–Trinajstić information content (AvgIpc) is 3.49. The zero-order valence-corrected chi connectivity index (χ0v) is 28.5. The van der Waals surface area contributed by atoms with Crippen LogP contribution in [0.3, 0.4) is 0 Å². The highest BCUT2D eigenvalue weighted by atomic mass is 16.6. The highest BCUT2D eigenvalue weighted by Gasteiger charge is 2.38. The first-order valence-electron chi connectivity index (χ1n) is 16.3. The first-order chi connectivity index (χ1) is 24.7. The van der Waals surface area contributed by atoms with E-state index >= 15 is 0 Å². The van der Waals surface area contributed by atoms with Crippen LogP contribution in [0.5, 0.6) is 0 Å². The molecule has 10 N–H and O–H groups in total. The van der Waals surface area contributed by atoms with Gasteiger partial charge in [-0.25, -0.2) is 0 Å². The van der Waals surface area contributed by atoms with Crippen LogP contribution < -0.4 is 38.5 Å². The first kappa shape index (κ1) is 40.4. The largest absolute Gasteiger partial charge is 0.464 e. The van der Waals surface area contributed by atoms with Crippen molar-refractivity contribution in [3.8, 4) is 0 Å². The second kappa shape index (κ2) is 19.4. The molecule has 5 amide bonds. The van der Waals surface area contributed by atoms with E-state index in [1.54, 1.807) is 12.1 Å². The molecule has 1 heterocycles. The number of carbonyl (C=O) groups is 6. The molecule has 52 heavy (non-hydrogen) atoms. The minimum Gasteiger partial charge on any atom is -0.464 e. The van der Waals surface area contributed by atoms with E-state index in [2.05, 4.69) is 20.9 Å². The van der Waals surface area contributed by atoms with E-state index in [-0.39, 0.29) is 38.2 Å². The van der Waals surface area contributed by atoms with E-state index in [9.17, 15) is 38.9 Å². The number of nitro groups is 1. The molecule has 2 aromatic rings. The van der Waals surface area contributed by atoms with Gasteiger partial charge >= 0.3 is 5.97 Å². The maximum absolute atomic E-state index is 13.1. The van der Waals surface area contributed by atoms with E-state index in [1.165, 1.54) is 29.2 Å². The SMILES string of the molecule is CCN(CCOC(=O)CCC(=O)N1C[C@@H](NC(=O)[C@@H](N)CC(N)=O)[C@H](NC(=O)[C@@H](N)CC(N)=O)C1)c1ccc(N=Nc2ccc([N+](=O)[O-])cc2)cc1. The predicted molar refractivity (Wildman–Crippen MR) is 186 cm³/mol. The van der Waals surface area contributed by atoms with Crippen LogP contribution in [0, 0.1) is 10.1 Å². The predicted octanol–water partition coefficient (Wildman–Crippen LogP) is -0.623. The van der Waals surface area contributed by atoms with Gasteiger partial charge in [0, 0.05) is 43.9 Å². The minimum atomic E-state index is -1.26. The topological polar surface area (TPSA) is 314 Å². The van der Waals surface area contributed by atoms with Crippen LogP contribution in [0.1, 0.15) is 32.6 Å². The lowest BCUT2D eigenvalue weighted by atomic mass is 10.1. The van der Waals surface area contributed by atoms with E-state index in [1.807, 2.05) is 24.0 Å². The van der Waals surface area contributed by atoms with Crippen LogP contribution in [0.2, 0.25) is 0 Å². The number of esters is 1. The third-order valence-electron chi connectivity index (χ3n) is 7.95. The number of hydrogen-bond donors (Lipinski definition) is 6. The van der Waals surface area contributed by atoms with Gasteiger partial charge in [-0.05, 0) is 43.3 Å². The van der Waals surface area contributed by atoms with Crippen LogP contribution in [0.15, 0.2) is 58.8 Å². The molecule has 0 unspecified atom stereocenters. The number of rotatable bonds is 19. The van der Waals surface area contributed by atoms with E-state index in [4.69, 9.17) is 27.7 Å². The summed E-state index contributed by atoms with van der Waals surface area (Å²) in [6.45, 7) is 2.84. The summed E-state index contributed by atoms with van der Waals surface area (Å²) in [7, 11) is 0. The average molecular weight is 726 g/mol. The molecule has 20 heteroatoms. The van der Waals surface area contributed by atoms with Crippen LogP contribution in [-0.4, -0.2) is 102 Å². The Bertz CT molecular complexity index is 1590. The van der Waals surface area contributed by atoms with Crippen LogP contribution >= 0.6 is 0 Å². The number of likely N-dealkylation sites (tertiary alicyclic amines) is 1.